The molecule has 108 valence electrons. The van der Waals surface area contributed by atoms with Crippen LogP contribution >= 0.6 is 0 Å². The second-order valence-corrected chi connectivity index (χ2v) is 6.00. The zero-order valence-corrected chi connectivity index (χ0v) is 12.5. The van der Waals surface area contributed by atoms with Gasteiger partial charge in [-0.1, -0.05) is 50.1 Å². The molecule has 0 amide bonds. The summed E-state index contributed by atoms with van der Waals surface area (Å²) in [6.45, 7) is 2.28. The van der Waals surface area contributed by atoms with Crippen LogP contribution in [0.3, 0.4) is 0 Å². The summed E-state index contributed by atoms with van der Waals surface area (Å²) >= 11 is 0. The number of nitrogens with one attached hydrogen (secondary N) is 1. The van der Waals surface area contributed by atoms with Crippen LogP contribution in [0.1, 0.15) is 63.5 Å². The Balaban J connectivity index is 1.89. The van der Waals surface area contributed by atoms with E-state index >= 15 is 0 Å². The third-order valence-corrected chi connectivity index (χ3v) is 4.48. The van der Waals surface area contributed by atoms with E-state index in [1.807, 2.05) is 6.07 Å². The second-order valence-electron chi connectivity index (χ2n) is 6.00. The topological polar surface area (TPSA) is 35.8 Å². The van der Waals surface area contributed by atoms with Gasteiger partial charge in [-0.3, -0.25) is 0 Å². The first-order valence-electron chi connectivity index (χ1n) is 8.01. The molecule has 0 radical (unpaired) electrons. The van der Waals surface area contributed by atoms with E-state index in [1.165, 1.54) is 44.1 Å². The minimum absolute atomic E-state index is 0.189. The lowest BCUT2D eigenvalue weighted by atomic mass is 9.83. The average molecular weight is 270 g/mol. The van der Waals surface area contributed by atoms with Gasteiger partial charge in [0.25, 0.3) is 0 Å². The Morgan fingerprint density at radius 1 is 1.20 bits per heavy atom. The predicted octanol–water partition coefficient (Wildman–Crippen LogP) is 4.59. The van der Waals surface area contributed by atoms with Crippen LogP contribution in [-0.4, -0.2) is 6.04 Å². The number of hydrogen-bond donors (Lipinski definition) is 1. The smallest absolute Gasteiger partial charge is 0.0641 e. The summed E-state index contributed by atoms with van der Waals surface area (Å²) in [4.78, 5) is 0. The molecule has 2 nitrogen and oxygen atoms in total. The molecule has 1 aromatic rings. The van der Waals surface area contributed by atoms with Crippen molar-refractivity contribution in [2.45, 2.75) is 64.0 Å². The van der Waals surface area contributed by atoms with Gasteiger partial charge in [0.2, 0.25) is 0 Å². The number of nitriles is 1. The van der Waals surface area contributed by atoms with Gasteiger partial charge in [-0.25, -0.2) is 0 Å². The average Bonchev–Trinajstić information content (AvgIpc) is 2.50. The molecular formula is C18H26N2. The van der Waals surface area contributed by atoms with Crippen LogP contribution in [0.25, 0.3) is 0 Å². The van der Waals surface area contributed by atoms with Crippen molar-refractivity contribution >= 4 is 0 Å². The minimum Gasteiger partial charge on any atom is -0.306 e. The van der Waals surface area contributed by atoms with Crippen molar-refractivity contribution in [2.75, 3.05) is 0 Å². The van der Waals surface area contributed by atoms with E-state index in [2.05, 4.69) is 42.6 Å². The van der Waals surface area contributed by atoms with Crippen molar-refractivity contribution in [3.8, 4) is 6.07 Å². The van der Waals surface area contributed by atoms with Crippen molar-refractivity contribution in [3.63, 3.8) is 0 Å². The fourth-order valence-corrected chi connectivity index (χ4v) is 3.36. The van der Waals surface area contributed by atoms with Crippen molar-refractivity contribution < 1.29 is 0 Å². The molecule has 20 heavy (non-hydrogen) atoms. The van der Waals surface area contributed by atoms with Gasteiger partial charge in [-0.2, -0.15) is 5.26 Å². The maximum absolute atomic E-state index is 9.05. The fraction of sp³-hybridized carbons (Fsp3) is 0.611. The normalized spacial score (nSPS) is 24.0. The third-order valence-electron chi connectivity index (χ3n) is 4.48. The zero-order chi connectivity index (χ0) is 14.2. The highest BCUT2D eigenvalue weighted by molar-refractivity contribution is 5.20. The van der Waals surface area contributed by atoms with Gasteiger partial charge >= 0.3 is 0 Å². The molecule has 1 unspecified atom stereocenters. The zero-order valence-electron chi connectivity index (χ0n) is 12.5. The molecule has 2 rings (SSSR count). The van der Waals surface area contributed by atoms with E-state index in [0.717, 1.165) is 5.92 Å². The van der Waals surface area contributed by atoms with Gasteiger partial charge in [0.05, 0.1) is 12.5 Å². The van der Waals surface area contributed by atoms with Crippen molar-refractivity contribution in [3.05, 3.63) is 35.9 Å². The fourth-order valence-electron chi connectivity index (χ4n) is 3.36. The number of rotatable bonds is 6. The Kier molecular flexibility index (Phi) is 6.08. The standard InChI is InChI=1S/C18H26N2/c1-2-6-15-9-11-17(12-10-15)20-18(13-14-19)16-7-4-3-5-8-16/h3-5,7-8,15,17-18,20H,2,6,9-13H2,1H3. The summed E-state index contributed by atoms with van der Waals surface area (Å²) in [5.74, 6) is 0.934. The quantitative estimate of drug-likeness (QED) is 0.820. The van der Waals surface area contributed by atoms with E-state index in [9.17, 15) is 0 Å². The Bertz CT molecular complexity index is 413. The SMILES string of the molecule is CCCC1CCC(NC(CC#N)c2ccccc2)CC1. The maximum Gasteiger partial charge on any atom is 0.0641 e. The molecule has 0 aliphatic heterocycles. The van der Waals surface area contributed by atoms with Gasteiger partial charge in [-0.05, 0) is 37.2 Å². The molecule has 1 saturated carbocycles. The van der Waals surface area contributed by atoms with E-state index in [1.54, 1.807) is 0 Å². The summed E-state index contributed by atoms with van der Waals surface area (Å²) in [5, 5.41) is 12.8. The highest BCUT2D eigenvalue weighted by Crippen LogP contribution is 2.29. The van der Waals surface area contributed by atoms with E-state index in [-0.39, 0.29) is 6.04 Å². The molecule has 2 heteroatoms. The van der Waals surface area contributed by atoms with Crippen LogP contribution < -0.4 is 5.32 Å². The Morgan fingerprint density at radius 2 is 1.90 bits per heavy atom. The molecule has 0 saturated heterocycles. The van der Waals surface area contributed by atoms with E-state index in [0.29, 0.717) is 12.5 Å². The second kappa shape index (κ2) is 8.07. The largest absolute Gasteiger partial charge is 0.306 e. The van der Waals surface area contributed by atoms with Crippen LogP contribution in [-0.2, 0) is 0 Å². The van der Waals surface area contributed by atoms with E-state index in [4.69, 9.17) is 5.26 Å². The van der Waals surface area contributed by atoms with Crippen LogP contribution in [0, 0.1) is 17.2 Å². The summed E-state index contributed by atoms with van der Waals surface area (Å²) in [5.41, 5.74) is 1.24. The maximum atomic E-state index is 9.05. The van der Waals surface area contributed by atoms with Gasteiger partial charge < -0.3 is 5.32 Å². The molecule has 1 aliphatic rings. The summed E-state index contributed by atoms with van der Waals surface area (Å²) in [6, 6.07) is 13.5. The minimum atomic E-state index is 0.189. The highest BCUT2D eigenvalue weighted by Gasteiger charge is 2.23. The van der Waals surface area contributed by atoms with Crippen LogP contribution in [0.4, 0.5) is 0 Å². The first kappa shape index (κ1) is 15.1. The number of nitrogens with zero attached hydrogens (tertiary/aromatic N) is 1. The predicted molar refractivity (Wildman–Crippen MR) is 83.2 cm³/mol. The molecule has 0 spiro atoms. The van der Waals surface area contributed by atoms with Crippen LogP contribution in [0.2, 0.25) is 0 Å². The van der Waals surface area contributed by atoms with Crippen LogP contribution in [0.5, 0.6) is 0 Å². The van der Waals surface area contributed by atoms with Gasteiger partial charge in [0, 0.05) is 12.1 Å². The van der Waals surface area contributed by atoms with Crippen LogP contribution in [0.15, 0.2) is 30.3 Å². The summed E-state index contributed by atoms with van der Waals surface area (Å²) < 4.78 is 0. The lowest BCUT2D eigenvalue weighted by Gasteiger charge is -2.31. The first-order valence-corrected chi connectivity index (χ1v) is 8.01. The molecular weight excluding hydrogens is 244 g/mol. The highest BCUT2D eigenvalue weighted by atomic mass is 15.0. The number of benzene rings is 1. The van der Waals surface area contributed by atoms with Crippen molar-refractivity contribution in [1.82, 2.24) is 5.32 Å². The van der Waals surface area contributed by atoms with Crippen molar-refractivity contribution in [2.24, 2.45) is 5.92 Å². The van der Waals surface area contributed by atoms with Gasteiger partial charge in [0.15, 0.2) is 0 Å². The van der Waals surface area contributed by atoms with E-state index < -0.39 is 0 Å². The molecule has 0 aromatic heterocycles. The summed E-state index contributed by atoms with van der Waals surface area (Å²) in [7, 11) is 0. The van der Waals surface area contributed by atoms with Gasteiger partial charge in [-0.15, -0.1) is 0 Å². The van der Waals surface area contributed by atoms with Crippen molar-refractivity contribution in [1.29, 1.82) is 5.26 Å². The molecule has 0 bridgehead atoms. The molecule has 0 heterocycles. The Hall–Kier alpha value is -1.33. The summed E-state index contributed by atoms with van der Waals surface area (Å²) in [6.07, 6.45) is 8.47. The lowest BCUT2D eigenvalue weighted by Crippen LogP contribution is -2.36. The van der Waals surface area contributed by atoms with Gasteiger partial charge in [0.1, 0.15) is 0 Å². The Labute approximate surface area is 123 Å². The first-order chi connectivity index (χ1) is 9.83. The Morgan fingerprint density at radius 3 is 2.50 bits per heavy atom. The molecule has 1 N–H and O–H groups in total. The lowest BCUT2D eigenvalue weighted by molar-refractivity contribution is 0.263. The molecule has 1 aliphatic carbocycles. The number of hydrogen-bond acceptors (Lipinski definition) is 2. The molecule has 1 atom stereocenters. The third kappa shape index (κ3) is 4.35. The molecule has 1 aromatic carbocycles. The monoisotopic (exact) mass is 270 g/mol. The molecule has 1 fully saturated rings.